The number of anilines is 2. The zero-order valence-electron chi connectivity index (χ0n) is 21.4. The molecule has 0 bridgehead atoms. The number of nitrogens with zero attached hydrogens (tertiary/aromatic N) is 4. The largest absolute Gasteiger partial charge is 0.497 e. The van der Waals surface area contributed by atoms with Crippen molar-refractivity contribution < 1.29 is 19.1 Å². The molecule has 2 amide bonds. The molecule has 202 valence electrons. The summed E-state index contributed by atoms with van der Waals surface area (Å²) in [7, 11) is 3.28. The molecule has 40 heavy (non-hydrogen) atoms. The number of benzene rings is 3. The first-order valence-corrected chi connectivity index (χ1v) is 16.1. The molecular formula is C28H22N4O4S4. The molecule has 5 aromatic rings. The normalized spacial score (nSPS) is 19.4. The number of rotatable bonds is 6. The summed E-state index contributed by atoms with van der Waals surface area (Å²) in [6.07, 6.45) is 0. The van der Waals surface area contributed by atoms with E-state index in [1.807, 2.05) is 60.7 Å². The summed E-state index contributed by atoms with van der Waals surface area (Å²) in [6, 6.07) is 19.6. The van der Waals surface area contributed by atoms with Crippen LogP contribution in [0.2, 0.25) is 0 Å². The van der Waals surface area contributed by atoms with E-state index in [2.05, 4.69) is 0 Å². The number of fused-ring (bicyclic) bond motifs is 2. The van der Waals surface area contributed by atoms with Gasteiger partial charge in [0.05, 0.1) is 46.2 Å². The van der Waals surface area contributed by atoms with E-state index < -0.39 is 0 Å². The minimum Gasteiger partial charge on any atom is -0.497 e. The van der Waals surface area contributed by atoms with Gasteiger partial charge in [-0.3, -0.25) is 19.4 Å². The fourth-order valence-electron chi connectivity index (χ4n) is 4.82. The number of methoxy groups -OCH3 is 2. The molecule has 0 unspecified atom stereocenters. The van der Waals surface area contributed by atoms with E-state index in [4.69, 9.17) is 19.4 Å². The highest BCUT2D eigenvalue weighted by molar-refractivity contribution is 8.01. The van der Waals surface area contributed by atoms with Crippen LogP contribution in [0, 0.1) is 0 Å². The van der Waals surface area contributed by atoms with Crippen molar-refractivity contribution in [3.8, 4) is 11.5 Å². The Bertz CT molecular complexity index is 1580. The van der Waals surface area contributed by atoms with Gasteiger partial charge in [0.1, 0.15) is 22.2 Å². The molecule has 12 heteroatoms. The maximum absolute atomic E-state index is 12.9. The summed E-state index contributed by atoms with van der Waals surface area (Å²) >= 11 is 6.17. The van der Waals surface area contributed by atoms with Gasteiger partial charge < -0.3 is 9.47 Å². The lowest BCUT2D eigenvalue weighted by atomic mass is 10.2. The quantitative estimate of drug-likeness (QED) is 0.217. The van der Waals surface area contributed by atoms with E-state index in [1.54, 1.807) is 47.5 Å². The molecule has 2 aliphatic heterocycles. The summed E-state index contributed by atoms with van der Waals surface area (Å²) in [4.78, 5) is 39.2. The molecular weight excluding hydrogens is 585 g/mol. The van der Waals surface area contributed by atoms with Crippen molar-refractivity contribution in [3.63, 3.8) is 0 Å². The zero-order valence-corrected chi connectivity index (χ0v) is 24.7. The van der Waals surface area contributed by atoms with Gasteiger partial charge in [-0.1, -0.05) is 46.9 Å². The van der Waals surface area contributed by atoms with Gasteiger partial charge in [-0.15, -0.1) is 23.5 Å². The van der Waals surface area contributed by atoms with Crippen LogP contribution in [0.1, 0.15) is 21.9 Å². The molecule has 2 fully saturated rings. The smallest absolute Gasteiger partial charge is 0.240 e. The topological polar surface area (TPSA) is 84.9 Å². The van der Waals surface area contributed by atoms with Crippen LogP contribution < -0.4 is 19.3 Å². The number of thiazole rings is 2. The van der Waals surface area contributed by atoms with Crippen LogP contribution in [0.5, 0.6) is 11.5 Å². The summed E-state index contributed by atoms with van der Waals surface area (Å²) in [5, 5.41) is 1.07. The van der Waals surface area contributed by atoms with Crippen molar-refractivity contribution in [2.75, 3.05) is 35.5 Å². The highest BCUT2D eigenvalue weighted by Crippen LogP contribution is 2.47. The van der Waals surface area contributed by atoms with Gasteiger partial charge >= 0.3 is 0 Å². The summed E-state index contributed by atoms with van der Waals surface area (Å²) in [6.45, 7) is 0. The number of hydrogen-bond donors (Lipinski definition) is 0. The number of carbonyl (C=O) groups excluding carboxylic acids is 2. The Morgan fingerprint density at radius 1 is 0.675 bits per heavy atom. The zero-order chi connectivity index (χ0) is 27.4. The molecule has 0 spiro atoms. The second-order valence-electron chi connectivity index (χ2n) is 9.18. The third-order valence-electron chi connectivity index (χ3n) is 6.83. The van der Waals surface area contributed by atoms with E-state index in [0.29, 0.717) is 21.8 Å². The molecule has 3 aromatic carbocycles. The molecule has 7 rings (SSSR count). The van der Waals surface area contributed by atoms with Crippen LogP contribution in [-0.2, 0) is 9.59 Å². The van der Waals surface area contributed by atoms with E-state index in [1.165, 1.54) is 22.7 Å². The Morgan fingerprint density at radius 2 is 1.07 bits per heavy atom. The van der Waals surface area contributed by atoms with Gasteiger partial charge in [-0.05, 0) is 47.5 Å². The first-order valence-electron chi connectivity index (χ1n) is 12.4. The van der Waals surface area contributed by atoms with Crippen molar-refractivity contribution in [2.24, 2.45) is 0 Å². The summed E-state index contributed by atoms with van der Waals surface area (Å²) in [5.41, 5.74) is 3.69. The van der Waals surface area contributed by atoms with Crippen LogP contribution in [-0.4, -0.2) is 47.5 Å². The van der Waals surface area contributed by atoms with Crippen LogP contribution in [0.25, 0.3) is 20.4 Å². The van der Waals surface area contributed by atoms with Crippen LogP contribution in [0.3, 0.4) is 0 Å². The summed E-state index contributed by atoms with van der Waals surface area (Å²) in [5.74, 6) is 2.46. The van der Waals surface area contributed by atoms with E-state index in [9.17, 15) is 9.59 Å². The first kappa shape index (κ1) is 25.6. The van der Waals surface area contributed by atoms with Gasteiger partial charge in [0.2, 0.25) is 11.8 Å². The lowest BCUT2D eigenvalue weighted by Crippen LogP contribution is -2.27. The molecule has 0 saturated carbocycles. The first-order chi connectivity index (χ1) is 19.5. The van der Waals surface area contributed by atoms with E-state index in [0.717, 1.165) is 43.1 Å². The Balaban J connectivity index is 1.21. The standard InChI is InChI=1S/C28H22N4O4S4/c1-35-17-7-3-15(4-8-17)25-31(23(33)13-37-25)27-29-19-11-22-20(12-21(19)39-27)30-28(40-22)32-24(34)14-38-26(32)16-5-9-18(36-2)10-6-16/h3-12,25-26H,13-14H2,1-2H3/t25-,26-/m0/s1. The van der Waals surface area contributed by atoms with E-state index >= 15 is 0 Å². The molecule has 2 atom stereocenters. The van der Waals surface area contributed by atoms with Crippen molar-refractivity contribution in [2.45, 2.75) is 10.7 Å². The number of hydrogen-bond acceptors (Lipinski definition) is 10. The molecule has 0 aliphatic carbocycles. The fourth-order valence-corrected chi connectivity index (χ4v) is 9.32. The SMILES string of the molecule is COc1ccc([C@@H]2SCC(=O)N2c2nc3cc4sc(N5C(=O)CS[C@H]5c5ccc(OC)cc5)nc4cc3s2)cc1. The minimum absolute atomic E-state index is 0.0433. The second kappa shape index (κ2) is 10.3. The van der Waals surface area contributed by atoms with Gasteiger partial charge in [-0.2, -0.15) is 0 Å². The molecule has 2 saturated heterocycles. The third kappa shape index (κ3) is 4.39. The van der Waals surface area contributed by atoms with Gasteiger partial charge in [0.25, 0.3) is 0 Å². The monoisotopic (exact) mass is 606 g/mol. The van der Waals surface area contributed by atoms with Gasteiger partial charge in [0.15, 0.2) is 10.3 Å². The average Bonchev–Trinajstić information content (AvgIpc) is 3.76. The number of ether oxygens (including phenoxy) is 2. The molecule has 8 nitrogen and oxygen atoms in total. The highest BCUT2D eigenvalue weighted by atomic mass is 32.2. The number of aromatic nitrogens is 2. The number of amides is 2. The summed E-state index contributed by atoms with van der Waals surface area (Å²) < 4.78 is 12.5. The molecule has 0 radical (unpaired) electrons. The molecule has 2 aromatic heterocycles. The molecule has 0 N–H and O–H groups in total. The molecule has 4 heterocycles. The van der Waals surface area contributed by atoms with Crippen molar-refractivity contribution in [1.29, 1.82) is 0 Å². The number of thioether (sulfide) groups is 2. The van der Waals surface area contributed by atoms with Gasteiger partial charge in [-0.25, -0.2) is 9.97 Å². The Morgan fingerprint density at radius 3 is 1.45 bits per heavy atom. The second-order valence-corrected chi connectivity index (χ2v) is 13.3. The third-order valence-corrected chi connectivity index (χ3v) is 11.3. The van der Waals surface area contributed by atoms with E-state index in [-0.39, 0.29) is 22.6 Å². The van der Waals surface area contributed by atoms with Crippen molar-refractivity contribution in [3.05, 3.63) is 71.8 Å². The van der Waals surface area contributed by atoms with Crippen LogP contribution >= 0.6 is 46.2 Å². The van der Waals surface area contributed by atoms with Crippen LogP contribution in [0.15, 0.2) is 60.7 Å². The maximum atomic E-state index is 12.9. The van der Waals surface area contributed by atoms with Crippen molar-refractivity contribution in [1.82, 2.24) is 9.97 Å². The minimum atomic E-state index is -0.140. The average molecular weight is 607 g/mol. The Labute approximate surface area is 246 Å². The Kier molecular flexibility index (Phi) is 6.57. The number of carbonyl (C=O) groups is 2. The predicted octanol–water partition coefficient (Wildman–Crippen LogP) is 6.48. The lowest BCUT2D eigenvalue weighted by molar-refractivity contribution is -0.116. The van der Waals surface area contributed by atoms with Gasteiger partial charge in [0, 0.05) is 0 Å². The maximum Gasteiger partial charge on any atom is 0.240 e. The molecule has 2 aliphatic rings. The fraction of sp³-hybridized carbons (Fsp3) is 0.214. The highest BCUT2D eigenvalue weighted by Gasteiger charge is 2.37. The van der Waals surface area contributed by atoms with Crippen LogP contribution in [0.4, 0.5) is 10.3 Å². The predicted molar refractivity (Wildman–Crippen MR) is 164 cm³/mol. The Hall–Kier alpha value is -3.32. The van der Waals surface area contributed by atoms with Crippen molar-refractivity contribution >= 4 is 88.7 Å². The lowest BCUT2D eigenvalue weighted by Gasteiger charge is -2.21.